The number of benzene rings is 2. The maximum absolute atomic E-state index is 12.0. The Hall–Kier alpha value is -0.610. The summed E-state index contributed by atoms with van der Waals surface area (Å²) in [5.41, 5.74) is 0. The van der Waals surface area contributed by atoms with Gasteiger partial charge in [-0.25, -0.2) is 4.57 Å². The third kappa shape index (κ3) is 4.19. The van der Waals surface area contributed by atoms with E-state index in [1.54, 1.807) is 12.1 Å². The molecule has 2 aromatic rings. The van der Waals surface area contributed by atoms with Crippen LogP contribution in [0.1, 0.15) is 0 Å². The fourth-order valence-electron chi connectivity index (χ4n) is 1.39. The predicted octanol–water partition coefficient (Wildman–Crippen LogP) is 5.86. The number of hydrogen-bond donors (Lipinski definition) is 1. The molecule has 2 aromatic carbocycles. The number of phosphoric ester groups is 1. The van der Waals surface area contributed by atoms with E-state index in [4.69, 9.17) is 55.5 Å². The van der Waals surface area contributed by atoms with Gasteiger partial charge in [0.15, 0.2) is 11.5 Å². The first-order chi connectivity index (χ1) is 9.80. The third-order valence-electron chi connectivity index (χ3n) is 2.25. The van der Waals surface area contributed by atoms with Crippen LogP contribution >= 0.6 is 54.2 Å². The summed E-state index contributed by atoms with van der Waals surface area (Å²) in [5, 5.41) is 0.243. The molecule has 0 aromatic heterocycles. The summed E-state index contributed by atoms with van der Waals surface area (Å²) < 4.78 is 21.8. The van der Waals surface area contributed by atoms with E-state index < -0.39 is 7.82 Å². The van der Waals surface area contributed by atoms with Gasteiger partial charge in [0.2, 0.25) is 0 Å². The van der Waals surface area contributed by atoms with Crippen LogP contribution in [0.2, 0.25) is 20.1 Å². The molecule has 0 radical (unpaired) electrons. The maximum Gasteiger partial charge on any atom is 0.585 e. The molecule has 0 bridgehead atoms. The molecule has 0 aliphatic rings. The predicted molar refractivity (Wildman–Crippen MR) is 84.0 cm³/mol. The fourth-order valence-corrected chi connectivity index (χ4v) is 3.45. The standard InChI is InChI=1S/C12H7Cl4O4P/c13-7-3-1-4-8(14)11(7)19-21(17,18)20-12-9(15)5-2-6-10(12)16/h1-6H,(H,17,18). The average Bonchev–Trinajstić information content (AvgIpc) is 2.39. The summed E-state index contributed by atoms with van der Waals surface area (Å²) >= 11 is 23.4. The second kappa shape index (κ2) is 6.66. The highest BCUT2D eigenvalue weighted by molar-refractivity contribution is 7.48. The monoisotopic (exact) mass is 386 g/mol. The minimum absolute atomic E-state index is 0.0608. The Morgan fingerprint density at radius 1 is 0.762 bits per heavy atom. The van der Waals surface area contributed by atoms with E-state index in [1.807, 2.05) is 0 Å². The number of para-hydroxylation sites is 2. The van der Waals surface area contributed by atoms with Gasteiger partial charge in [0.25, 0.3) is 0 Å². The Morgan fingerprint density at radius 2 is 1.05 bits per heavy atom. The second-order valence-corrected chi connectivity index (χ2v) is 6.68. The van der Waals surface area contributed by atoms with Crippen molar-refractivity contribution in [3.63, 3.8) is 0 Å². The molecule has 0 atom stereocenters. The lowest BCUT2D eigenvalue weighted by Gasteiger charge is -2.16. The van der Waals surface area contributed by atoms with E-state index in [9.17, 15) is 9.46 Å². The highest BCUT2D eigenvalue weighted by Crippen LogP contribution is 2.51. The largest absolute Gasteiger partial charge is 0.585 e. The fraction of sp³-hybridized carbons (Fsp3) is 0. The molecule has 1 N–H and O–H groups in total. The van der Waals surface area contributed by atoms with Crippen molar-refractivity contribution in [1.29, 1.82) is 0 Å². The van der Waals surface area contributed by atoms with Gasteiger partial charge in [-0.1, -0.05) is 58.5 Å². The number of halogens is 4. The average molecular weight is 388 g/mol. The molecule has 0 saturated carbocycles. The number of phosphoric acid groups is 1. The van der Waals surface area contributed by atoms with E-state index >= 15 is 0 Å². The lowest BCUT2D eigenvalue weighted by molar-refractivity contribution is 0.291. The Balaban J connectivity index is 2.29. The topological polar surface area (TPSA) is 55.8 Å². The molecule has 112 valence electrons. The molecule has 0 aliphatic heterocycles. The van der Waals surface area contributed by atoms with E-state index in [0.717, 1.165) is 0 Å². The SMILES string of the molecule is O=P(O)(Oc1c(Cl)cccc1Cl)Oc1c(Cl)cccc1Cl. The van der Waals surface area contributed by atoms with Crippen molar-refractivity contribution >= 4 is 54.2 Å². The van der Waals surface area contributed by atoms with Crippen LogP contribution in [0.15, 0.2) is 36.4 Å². The first-order valence-electron chi connectivity index (χ1n) is 5.40. The first kappa shape index (κ1) is 16.8. The van der Waals surface area contributed by atoms with Crippen molar-refractivity contribution in [3.8, 4) is 11.5 Å². The van der Waals surface area contributed by atoms with Crippen molar-refractivity contribution in [2.75, 3.05) is 0 Å². The number of hydrogen-bond acceptors (Lipinski definition) is 3. The zero-order valence-electron chi connectivity index (χ0n) is 10.1. The first-order valence-corrected chi connectivity index (χ1v) is 8.41. The second-order valence-electron chi connectivity index (χ2n) is 3.75. The van der Waals surface area contributed by atoms with E-state index in [-0.39, 0.29) is 31.6 Å². The normalized spacial score (nSPS) is 11.3. The van der Waals surface area contributed by atoms with Crippen LogP contribution in [-0.4, -0.2) is 4.89 Å². The van der Waals surface area contributed by atoms with Gasteiger partial charge >= 0.3 is 7.82 Å². The molecule has 0 spiro atoms. The molecule has 9 heteroatoms. The van der Waals surface area contributed by atoms with Gasteiger partial charge in [0, 0.05) is 0 Å². The van der Waals surface area contributed by atoms with Crippen LogP contribution in [0.3, 0.4) is 0 Å². The minimum atomic E-state index is -4.58. The molecular formula is C12H7Cl4O4P. The summed E-state index contributed by atoms with van der Waals surface area (Å²) in [5.74, 6) is -0.343. The van der Waals surface area contributed by atoms with Crippen LogP contribution in [0.5, 0.6) is 11.5 Å². The molecule has 0 fully saturated rings. The van der Waals surface area contributed by atoms with Crippen LogP contribution in [-0.2, 0) is 4.57 Å². The van der Waals surface area contributed by atoms with Crippen molar-refractivity contribution in [1.82, 2.24) is 0 Å². The van der Waals surface area contributed by atoms with E-state index in [1.165, 1.54) is 24.3 Å². The molecule has 0 heterocycles. The highest BCUT2D eigenvalue weighted by Gasteiger charge is 2.29. The van der Waals surface area contributed by atoms with Crippen LogP contribution in [0.25, 0.3) is 0 Å². The molecule has 4 nitrogen and oxygen atoms in total. The van der Waals surface area contributed by atoms with Crippen LogP contribution in [0.4, 0.5) is 0 Å². The van der Waals surface area contributed by atoms with Crippen molar-refractivity contribution in [2.24, 2.45) is 0 Å². The zero-order valence-corrected chi connectivity index (χ0v) is 14.0. The van der Waals surface area contributed by atoms with Crippen molar-refractivity contribution in [2.45, 2.75) is 0 Å². The van der Waals surface area contributed by atoms with Crippen LogP contribution in [0, 0.1) is 0 Å². The smallest absolute Gasteiger partial charge is 0.392 e. The molecule has 0 aliphatic carbocycles. The van der Waals surface area contributed by atoms with Gasteiger partial charge < -0.3 is 9.05 Å². The van der Waals surface area contributed by atoms with Gasteiger partial charge in [-0.15, -0.1) is 0 Å². The van der Waals surface area contributed by atoms with E-state index in [2.05, 4.69) is 0 Å². The van der Waals surface area contributed by atoms with Gasteiger partial charge in [0.05, 0.1) is 20.1 Å². The number of rotatable bonds is 4. The maximum atomic E-state index is 12.0. The molecule has 0 amide bonds. The summed E-state index contributed by atoms with van der Waals surface area (Å²) in [7, 11) is -4.58. The highest BCUT2D eigenvalue weighted by atomic mass is 35.5. The molecule has 0 unspecified atom stereocenters. The lowest BCUT2D eigenvalue weighted by Crippen LogP contribution is -2.01. The Kier molecular flexibility index (Phi) is 5.31. The van der Waals surface area contributed by atoms with Gasteiger partial charge in [0.1, 0.15) is 0 Å². The Morgan fingerprint density at radius 3 is 1.33 bits per heavy atom. The molecule has 0 saturated heterocycles. The molecule has 21 heavy (non-hydrogen) atoms. The van der Waals surface area contributed by atoms with Gasteiger partial charge in [-0.05, 0) is 24.3 Å². The van der Waals surface area contributed by atoms with E-state index in [0.29, 0.717) is 0 Å². The van der Waals surface area contributed by atoms with Gasteiger partial charge in [-0.2, -0.15) is 0 Å². The summed E-state index contributed by atoms with van der Waals surface area (Å²) in [6.07, 6.45) is 0. The summed E-state index contributed by atoms with van der Waals surface area (Å²) in [6, 6.07) is 8.92. The lowest BCUT2D eigenvalue weighted by atomic mass is 10.3. The zero-order chi connectivity index (χ0) is 15.6. The third-order valence-corrected chi connectivity index (χ3v) is 4.27. The Labute approximate surface area is 140 Å². The van der Waals surface area contributed by atoms with Crippen molar-refractivity contribution in [3.05, 3.63) is 56.5 Å². The van der Waals surface area contributed by atoms with Crippen molar-refractivity contribution < 1.29 is 18.5 Å². The molecule has 2 rings (SSSR count). The molecular weight excluding hydrogens is 381 g/mol. The minimum Gasteiger partial charge on any atom is -0.392 e. The summed E-state index contributed by atoms with van der Waals surface area (Å²) in [4.78, 5) is 9.80. The van der Waals surface area contributed by atoms with Crippen LogP contribution < -0.4 is 9.05 Å². The van der Waals surface area contributed by atoms with Gasteiger partial charge in [-0.3, -0.25) is 4.89 Å². The summed E-state index contributed by atoms with van der Waals surface area (Å²) in [6.45, 7) is 0. The Bertz CT molecular complexity index is 624. The quantitative estimate of drug-likeness (QED) is 0.667.